The molecule has 0 radical (unpaired) electrons. The summed E-state index contributed by atoms with van der Waals surface area (Å²) in [5.74, 6) is 2.86. The predicted octanol–water partition coefficient (Wildman–Crippen LogP) is 3.09. The molecule has 0 bridgehead atoms. The van der Waals surface area contributed by atoms with E-state index in [2.05, 4.69) is 13.8 Å². The zero-order valence-corrected chi connectivity index (χ0v) is 13.5. The molecule has 0 spiro atoms. The lowest BCUT2D eigenvalue weighted by Crippen LogP contribution is -2.35. The fourth-order valence-electron chi connectivity index (χ4n) is 2.84. The first kappa shape index (κ1) is 16.1. The topological polar surface area (TPSA) is 59.5 Å². The number of nitrogens with zero attached hydrogens (tertiary/aromatic N) is 1. The summed E-state index contributed by atoms with van der Waals surface area (Å²) < 4.78 is 5.62. The van der Waals surface area contributed by atoms with Gasteiger partial charge in [0, 0.05) is 12.5 Å². The van der Waals surface area contributed by atoms with Gasteiger partial charge in [0.15, 0.2) is 0 Å². The van der Waals surface area contributed by atoms with E-state index in [4.69, 9.17) is 10.2 Å². The van der Waals surface area contributed by atoms with E-state index in [0.717, 1.165) is 30.8 Å². The summed E-state index contributed by atoms with van der Waals surface area (Å²) in [4.78, 5) is 14.6. The molecule has 1 fully saturated rings. The largest absolute Gasteiger partial charge is 0.464 e. The molecular weight excluding hydrogens is 264 g/mol. The smallest absolute Gasteiger partial charge is 0.223 e. The van der Waals surface area contributed by atoms with Crippen LogP contribution in [0.4, 0.5) is 0 Å². The van der Waals surface area contributed by atoms with Gasteiger partial charge in [-0.3, -0.25) is 4.79 Å². The van der Waals surface area contributed by atoms with E-state index >= 15 is 0 Å². The maximum atomic E-state index is 12.6. The van der Waals surface area contributed by atoms with Crippen LogP contribution >= 0.6 is 0 Å². The fourth-order valence-corrected chi connectivity index (χ4v) is 2.84. The van der Waals surface area contributed by atoms with Crippen molar-refractivity contribution in [2.45, 2.75) is 59.0 Å². The molecule has 1 heterocycles. The summed E-state index contributed by atoms with van der Waals surface area (Å²) >= 11 is 0. The van der Waals surface area contributed by atoms with Gasteiger partial charge in [-0.25, -0.2) is 0 Å². The molecule has 1 saturated carbocycles. The molecule has 2 rings (SSSR count). The Hall–Kier alpha value is -1.29. The lowest BCUT2D eigenvalue weighted by atomic mass is 9.93. The number of hydrogen-bond acceptors (Lipinski definition) is 3. The first-order chi connectivity index (χ1) is 9.99. The molecule has 1 amide bonds. The second-order valence-corrected chi connectivity index (χ2v) is 6.70. The molecule has 1 aromatic rings. The third kappa shape index (κ3) is 4.88. The zero-order chi connectivity index (χ0) is 15.4. The van der Waals surface area contributed by atoms with Crippen LogP contribution in [0.2, 0.25) is 0 Å². The van der Waals surface area contributed by atoms with E-state index in [1.165, 1.54) is 0 Å². The quantitative estimate of drug-likeness (QED) is 0.801. The Morgan fingerprint density at radius 1 is 1.43 bits per heavy atom. The van der Waals surface area contributed by atoms with E-state index in [-0.39, 0.29) is 11.8 Å². The van der Waals surface area contributed by atoms with Crippen LogP contribution < -0.4 is 5.73 Å². The van der Waals surface area contributed by atoms with Gasteiger partial charge in [-0.2, -0.15) is 0 Å². The third-order valence-electron chi connectivity index (χ3n) is 4.03. The van der Waals surface area contributed by atoms with Gasteiger partial charge in [-0.15, -0.1) is 0 Å². The molecule has 0 aliphatic heterocycles. The van der Waals surface area contributed by atoms with Crippen LogP contribution in [-0.4, -0.2) is 23.4 Å². The second-order valence-electron chi connectivity index (χ2n) is 6.70. The van der Waals surface area contributed by atoms with Gasteiger partial charge in [-0.1, -0.05) is 13.8 Å². The van der Waals surface area contributed by atoms with Crippen molar-refractivity contribution in [2.24, 2.45) is 17.6 Å². The van der Waals surface area contributed by atoms with Crippen molar-refractivity contribution < 1.29 is 9.21 Å². The van der Waals surface area contributed by atoms with E-state index in [1.54, 1.807) is 0 Å². The van der Waals surface area contributed by atoms with Crippen LogP contribution in [-0.2, 0) is 11.3 Å². The summed E-state index contributed by atoms with van der Waals surface area (Å²) in [6, 6.07) is 4.32. The molecular formula is C17H28N2O2. The van der Waals surface area contributed by atoms with Gasteiger partial charge in [-0.05, 0) is 56.7 Å². The molecule has 1 aromatic heterocycles. The first-order valence-electron chi connectivity index (χ1n) is 8.04. The van der Waals surface area contributed by atoms with Crippen molar-refractivity contribution in [2.75, 3.05) is 6.54 Å². The molecule has 1 atom stereocenters. The van der Waals surface area contributed by atoms with Crippen LogP contribution in [0.3, 0.4) is 0 Å². The van der Waals surface area contributed by atoms with E-state index in [9.17, 15) is 4.79 Å². The highest BCUT2D eigenvalue weighted by Crippen LogP contribution is 2.30. The third-order valence-corrected chi connectivity index (χ3v) is 4.03. The lowest BCUT2D eigenvalue weighted by Gasteiger charge is -2.24. The van der Waals surface area contributed by atoms with Gasteiger partial charge >= 0.3 is 0 Å². The highest BCUT2D eigenvalue weighted by Gasteiger charge is 2.33. The number of amides is 1. The van der Waals surface area contributed by atoms with Crippen molar-refractivity contribution in [3.63, 3.8) is 0 Å². The predicted molar refractivity (Wildman–Crippen MR) is 83.6 cm³/mol. The number of carbonyl (C=O) groups is 1. The van der Waals surface area contributed by atoms with Crippen molar-refractivity contribution in [1.29, 1.82) is 0 Å². The summed E-state index contributed by atoms with van der Waals surface area (Å²) in [7, 11) is 0. The number of furan rings is 1. The van der Waals surface area contributed by atoms with Crippen LogP contribution in [0.25, 0.3) is 0 Å². The van der Waals surface area contributed by atoms with Crippen molar-refractivity contribution >= 4 is 5.91 Å². The molecule has 21 heavy (non-hydrogen) atoms. The summed E-state index contributed by atoms with van der Waals surface area (Å²) in [5, 5.41) is 0. The molecule has 0 aromatic carbocycles. The van der Waals surface area contributed by atoms with E-state index in [0.29, 0.717) is 31.5 Å². The van der Waals surface area contributed by atoms with Gasteiger partial charge in [0.25, 0.3) is 0 Å². The number of aryl methyl sites for hydroxylation is 1. The Morgan fingerprint density at radius 3 is 2.62 bits per heavy atom. The lowest BCUT2D eigenvalue weighted by molar-refractivity contribution is -0.133. The van der Waals surface area contributed by atoms with Crippen molar-refractivity contribution in [3.8, 4) is 0 Å². The second kappa shape index (κ2) is 7.12. The van der Waals surface area contributed by atoms with Crippen LogP contribution in [0.5, 0.6) is 0 Å². The highest BCUT2D eigenvalue weighted by molar-refractivity contribution is 5.77. The Bertz CT molecular complexity index is 463. The Labute approximate surface area is 127 Å². The zero-order valence-electron chi connectivity index (χ0n) is 13.5. The Morgan fingerprint density at radius 2 is 2.14 bits per heavy atom. The standard InChI is InChI=1S/C17H28N2O2/c1-12(2)8-14(10-18)9-17(20)19(15-5-6-15)11-16-7-4-13(3)21-16/h4,7,12,14-15H,5-6,8-11,18H2,1-3H3. The minimum Gasteiger partial charge on any atom is -0.464 e. The van der Waals surface area contributed by atoms with Gasteiger partial charge in [0.1, 0.15) is 11.5 Å². The number of hydrogen-bond donors (Lipinski definition) is 1. The fraction of sp³-hybridized carbons (Fsp3) is 0.706. The maximum absolute atomic E-state index is 12.6. The molecule has 4 heteroatoms. The molecule has 0 saturated heterocycles. The maximum Gasteiger partial charge on any atom is 0.223 e. The van der Waals surface area contributed by atoms with Gasteiger partial charge in [0.05, 0.1) is 6.54 Å². The monoisotopic (exact) mass is 292 g/mol. The van der Waals surface area contributed by atoms with Crippen molar-refractivity contribution in [3.05, 3.63) is 23.7 Å². The normalized spacial score (nSPS) is 16.2. The highest BCUT2D eigenvalue weighted by atomic mass is 16.3. The first-order valence-corrected chi connectivity index (χ1v) is 8.04. The number of carbonyl (C=O) groups excluding carboxylic acids is 1. The molecule has 4 nitrogen and oxygen atoms in total. The van der Waals surface area contributed by atoms with Gasteiger partial charge in [0.2, 0.25) is 5.91 Å². The molecule has 1 aliphatic carbocycles. The van der Waals surface area contributed by atoms with E-state index < -0.39 is 0 Å². The summed E-state index contributed by atoms with van der Waals surface area (Å²) in [6.07, 6.45) is 3.80. The van der Waals surface area contributed by atoms with Gasteiger partial charge < -0.3 is 15.1 Å². The number of rotatable bonds is 8. The SMILES string of the molecule is Cc1ccc(CN(C(=O)CC(CN)CC(C)C)C2CC2)o1. The van der Waals surface area contributed by atoms with Crippen LogP contribution in [0.15, 0.2) is 16.5 Å². The Balaban J connectivity index is 1.95. The van der Waals surface area contributed by atoms with Crippen LogP contribution in [0.1, 0.15) is 51.1 Å². The van der Waals surface area contributed by atoms with Crippen molar-refractivity contribution in [1.82, 2.24) is 4.90 Å². The minimum atomic E-state index is 0.225. The summed E-state index contributed by atoms with van der Waals surface area (Å²) in [6.45, 7) is 7.47. The molecule has 118 valence electrons. The molecule has 2 N–H and O–H groups in total. The average molecular weight is 292 g/mol. The number of nitrogens with two attached hydrogens (primary N) is 1. The van der Waals surface area contributed by atoms with E-state index in [1.807, 2.05) is 24.0 Å². The molecule has 1 unspecified atom stereocenters. The molecule has 1 aliphatic rings. The van der Waals surface area contributed by atoms with Crippen LogP contribution in [0, 0.1) is 18.8 Å². The minimum absolute atomic E-state index is 0.225. The Kier molecular flexibility index (Phi) is 5.45. The average Bonchev–Trinajstić information content (AvgIpc) is 3.17. The summed E-state index contributed by atoms with van der Waals surface area (Å²) in [5.41, 5.74) is 5.83.